The maximum atomic E-state index is 12.3. The van der Waals surface area contributed by atoms with Crippen LogP contribution in [0.3, 0.4) is 0 Å². The Balaban J connectivity index is 2.97. The summed E-state index contributed by atoms with van der Waals surface area (Å²) in [6.45, 7) is 11.3. The number of hydrogen-bond donors (Lipinski definition) is 1. The number of ketones is 1. The van der Waals surface area contributed by atoms with Crippen LogP contribution in [0, 0.1) is 10.8 Å². The van der Waals surface area contributed by atoms with Gasteiger partial charge in [0.15, 0.2) is 0 Å². The number of hydrogen-bond acceptors (Lipinski definition) is 2. The fourth-order valence-corrected chi connectivity index (χ4v) is 1.80. The van der Waals surface area contributed by atoms with Crippen LogP contribution >= 0.6 is 0 Å². The lowest BCUT2D eigenvalue weighted by atomic mass is 9.85. The van der Waals surface area contributed by atoms with Crippen LogP contribution in [0.25, 0.3) is 0 Å². The molecule has 0 aromatic heterocycles. The first kappa shape index (κ1) is 17.4. The minimum absolute atomic E-state index is 0.0435. The molecule has 116 valence electrons. The second-order valence-corrected chi connectivity index (χ2v) is 7.56. The molecule has 0 aliphatic rings. The van der Waals surface area contributed by atoms with Crippen molar-refractivity contribution in [3.05, 3.63) is 35.9 Å². The molecule has 3 nitrogen and oxygen atoms in total. The van der Waals surface area contributed by atoms with Crippen LogP contribution in [0.15, 0.2) is 30.3 Å². The van der Waals surface area contributed by atoms with E-state index in [0.29, 0.717) is 6.42 Å². The topological polar surface area (TPSA) is 46.2 Å². The van der Waals surface area contributed by atoms with Gasteiger partial charge < -0.3 is 5.32 Å². The number of Topliss-reactive ketones (excluding diaryl/α,β-unsaturated/α-hetero) is 1. The molecule has 3 heteroatoms. The molecule has 1 atom stereocenters. The van der Waals surface area contributed by atoms with Gasteiger partial charge in [-0.15, -0.1) is 0 Å². The summed E-state index contributed by atoms with van der Waals surface area (Å²) in [4.78, 5) is 24.6. The zero-order valence-corrected chi connectivity index (χ0v) is 14.0. The summed E-state index contributed by atoms with van der Waals surface area (Å²) in [6, 6.07) is 9.40. The SMILES string of the molecule is CC(C)(C)C(=O)C[C@H](NC(=O)C(C)(C)C)c1ccccc1. The van der Waals surface area contributed by atoms with Crippen molar-refractivity contribution in [3.63, 3.8) is 0 Å². The Hall–Kier alpha value is -1.64. The van der Waals surface area contributed by atoms with E-state index < -0.39 is 10.8 Å². The van der Waals surface area contributed by atoms with E-state index in [1.807, 2.05) is 71.9 Å². The monoisotopic (exact) mass is 289 g/mol. The first-order valence-electron chi connectivity index (χ1n) is 7.41. The summed E-state index contributed by atoms with van der Waals surface area (Å²) in [6.07, 6.45) is 0.315. The third-order valence-corrected chi connectivity index (χ3v) is 3.41. The highest BCUT2D eigenvalue weighted by atomic mass is 16.2. The van der Waals surface area contributed by atoms with Gasteiger partial charge in [-0.05, 0) is 5.56 Å². The number of nitrogens with one attached hydrogen (secondary N) is 1. The van der Waals surface area contributed by atoms with Gasteiger partial charge in [0.1, 0.15) is 5.78 Å². The average molecular weight is 289 g/mol. The number of benzene rings is 1. The first-order valence-corrected chi connectivity index (χ1v) is 7.41. The van der Waals surface area contributed by atoms with Gasteiger partial charge in [0.2, 0.25) is 5.91 Å². The second-order valence-electron chi connectivity index (χ2n) is 7.56. The third kappa shape index (κ3) is 5.33. The lowest BCUT2D eigenvalue weighted by molar-refractivity contribution is -0.130. The lowest BCUT2D eigenvalue weighted by Crippen LogP contribution is -2.39. The van der Waals surface area contributed by atoms with Crippen molar-refractivity contribution in [2.45, 2.75) is 54.0 Å². The van der Waals surface area contributed by atoms with Crippen molar-refractivity contribution in [3.8, 4) is 0 Å². The van der Waals surface area contributed by atoms with Gasteiger partial charge in [0.25, 0.3) is 0 Å². The molecule has 0 aliphatic heterocycles. The number of carbonyl (C=O) groups is 2. The average Bonchev–Trinajstić information content (AvgIpc) is 2.36. The third-order valence-electron chi connectivity index (χ3n) is 3.41. The lowest BCUT2D eigenvalue weighted by Gasteiger charge is -2.26. The second kappa shape index (κ2) is 6.42. The van der Waals surface area contributed by atoms with E-state index >= 15 is 0 Å². The van der Waals surface area contributed by atoms with Crippen LogP contribution in [0.1, 0.15) is 59.6 Å². The van der Waals surface area contributed by atoms with Gasteiger partial charge in [0, 0.05) is 17.3 Å². The Morgan fingerprint density at radius 2 is 1.48 bits per heavy atom. The van der Waals surface area contributed by atoms with Crippen molar-refractivity contribution in [1.29, 1.82) is 0 Å². The summed E-state index contributed by atoms with van der Waals surface area (Å²) >= 11 is 0. The zero-order chi connectivity index (χ0) is 16.3. The van der Waals surface area contributed by atoms with Gasteiger partial charge in [0.05, 0.1) is 6.04 Å². The molecule has 0 spiro atoms. The molecule has 0 saturated heterocycles. The standard InChI is InChI=1S/C18H27NO2/c1-17(2,3)15(20)12-14(13-10-8-7-9-11-13)19-16(21)18(4,5)6/h7-11,14H,12H2,1-6H3,(H,19,21)/t14-/m0/s1. The first-order chi connectivity index (χ1) is 9.51. The van der Waals surface area contributed by atoms with Crippen molar-refractivity contribution in [1.82, 2.24) is 5.32 Å². The Kier molecular flexibility index (Phi) is 5.32. The summed E-state index contributed by atoms with van der Waals surface area (Å²) in [5.41, 5.74) is 0.0878. The molecular formula is C18H27NO2. The molecule has 0 unspecified atom stereocenters. The quantitative estimate of drug-likeness (QED) is 0.914. The molecule has 1 aromatic carbocycles. The Bertz CT molecular complexity index is 464. The number of carbonyl (C=O) groups excluding carboxylic acids is 2. The predicted octanol–water partition coefficient (Wildman–Crippen LogP) is 3.90. The summed E-state index contributed by atoms with van der Waals surface area (Å²) in [5, 5.41) is 3.02. The van der Waals surface area contributed by atoms with E-state index in [1.165, 1.54) is 0 Å². The van der Waals surface area contributed by atoms with E-state index in [4.69, 9.17) is 0 Å². The number of rotatable bonds is 4. The minimum Gasteiger partial charge on any atom is -0.348 e. The fourth-order valence-electron chi connectivity index (χ4n) is 1.80. The van der Waals surface area contributed by atoms with Gasteiger partial charge in [-0.3, -0.25) is 9.59 Å². The molecule has 0 saturated carbocycles. The van der Waals surface area contributed by atoms with Crippen LogP contribution in [0.4, 0.5) is 0 Å². The Labute approximate surface area is 128 Å². The normalized spacial score (nSPS) is 13.6. The van der Waals surface area contributed by atoms with Crippen LogP contribution < -0.4 is 5.32 Å². The molecule has 0 aliphatic carbocycles. The van der Waals surface area contributed by atoms with E-state index in [-0.39, 0.29) is 17.7 Å². The summed E-state index contributed by atoms with van der Waals surface area (Å²) in [7, 11) is 0. The molecule has 21 heavy (non-hydrogen) atoms. The molecule has 1 amide bonds. The van der Waals surface area contributed by atoms with Crippen LogP contribution in [-0.2, 0) is 9.59 Å². The maximum absolute atomic E-state index is 12.3. The Morgan fingerprint density at radius 1 is 0.952 bits per heavy atom. The minimum atomic E-state index is -0.474. The van der Waals surface area contributed by atoms with Gasteiger partial charge in [-0.25, -0.2) is 0 Å². The van der Waals surface area contributed by atoms with E-state index in [9.17, 15) is 9.59 Å². The number of amides is 1. The van der Waals surface area contributed by atoms with E-state index in [0.717, 1.165) is 5.56 Å². The molecule has 1 rings (SSSR count). The summed E-state index contributed by atoms with van der Waals surface area (Å²) < 4.78 is 0. The molecule has 1 aromatic rings. The fraction of sp³-hybridized carbons (Fsp3) is 0.556. The zero-order valence-electron chi connectivity index (χ0n) is 14.0. The summed E-state index contributed by atoms with van der Waals surface area (Å²) in [5.74, 6) is 0.101. The van der Waals surface area contributed by atoms with Crippen molar-refractivity contribution >= 4 is 11.7 Å². The predicted molar refractivity (Wildman–Crippen MR) is 85.9 cm³/mol. The van der Waals surface area contributed by atoms with Crippen molar-refractivity contribution < 1.29 is 9.59 Å². The van der Waals surface area contributed by atoms with Gasteiger partial charge in [-0.2, -0.15) is 0 Å². The van der Waals surface area contributed by atoms with E-state index in [1.54, 1.807) is 0 Å². The molecular weight excluding hydrogens is 262 g/mol. The molecule has 0 bridgehead atoms. The largest absolute Gasteiger partial charge is 0.348 e. The molecule has 0 fully saturated rings. The van der Waals surface area contributed by atoms with Gasteiger partial charge in [-0.1, -0.05) is 71.9 Å². The van der Waals surface area contributed by atoms with Crippen LogP contribution in [0.2, 0.25) is 0 Å². The highest BCUT2D eigenvalue weighted by molar-refractivity contribution is 5.86. The smallest absolute Gasteiger partial charge is 0.225 e. The van der Waals surface area contributed by atoms with Crippen LogP contribution in [0.5, 0.6) is 0 Å². The van der Waals surface area contributed by atoms with E-state index in [2.05, 4.69) is 5.32 Å². The molecule has 0 heterocycles. The maximum Gasteiger partial charge on any atom is 0.225 e. The molecule has 1 N–H and O–H groups in total. The van der Waals surface area contributed by atoms with Crippen LogP contribution in [-0.4, -0.2) is 11.7 Å². The van der Waals surface area contributed by atoms with Gasteiger partial charge >= 0.3 is 0 Å². The van der Waals surface area contributed by atoms with Crippen molar-refractivity contribution in [2.24, 2.45) is 10.8 Å². The van der Waals surface area contributed by atoms with Crippen molar-refractivity contribution in [2.75, 3.05) is 0 Å². The highest BCUT2D eigenvalue weighted by Crippen LogP contribution is 2.26. The molecule has 0 radical (unpaired) electrons. The Morgan fingerprint density at radius 3 is 1.90 bits per heavy atom. The highest BCUT2D eigenvalue weighted by Gasteiger charge is 2.29.